The average molecular weight is 1660 g/mol. The van der Waals surface area contributed by atoms with Crippen molar-refractivity contribution >= 4 is 87.5 Å². The molecule has 6 aromatic carbocycles. The number of nitrogens with two attached hydrogens (primary N) is 2. The number of rotatable bonds is 14. The van der Waals surface area contributed by atoms with E-state index < -0.39 is 81.4 Å². The highest BCUT2D eigenvalue weighted by Crippen LogP contribution is 2.34. The summed E-state index contributed by atoms with van der Waals surface area (Å²) in [6.45, 7) is 29.6. The third kappa shape index (κ3) is 28.4. The number of aromatic carboxylic acids is 1. The van der Waals surface area contributed by atoms with E-state index in [1.165, 1.54) is 60.7 Å². The predicted molar refractivity (Wildman–Crippen MR) is 451 cm³/mol. The lowest BCUT2D eigenvalue weighted by Gasteiger charge is -2.36. The minimum atomic E-state index is -1.04. The SMILES string of the molecule is C.CC(C)(C)OC(=O)N1CCN(c2ccc(C(=O)O)nc2)CC1.CC(C)(C)OC(=O)Nc1ccc(-c2cc(F)cc(F)c2)cc1N.CC(C)(C)OC(=O)Nc1ccc(-c2cc(F)cc(F)c2)cc1NC(=O)c1ccc(N2CCN(C(=O)OC(C)(C)C)CC2)cn1.Nc1ccc(-c2cc(F)cc(F)c2)cc1CC(=O)c1ccc(N2CCNCC2)cn1. The Bertz CT molecular complexity index is 5040. The first-order valence-corrected chi connectivity index (χ1v) is 38.1. The van der Waals surface area contributed by atoms with Gasteiger partial charge < -0.3 is 70.7 Å². The third-order valence-electron chi connectivity index (χ3n) is 17.7. The minimum absolute atomic E-state index is 0. The van der Waals surface area contributed by atoms with Crippen LogP contribution in [0.5, 0.6) is 0 Å². The van der Waals surface area contributed by atoms with Crippen LogP contribution >= 0.6 is 0 Å². The van der Waals surface area contributed by atoms with Crippen molar-refractivity contribution in [3.63, 3.8) is 0 Å². The van der Waals surface area contributed by atoms with Crippen molar-refractivity contribution in [2.24, 2.45) is 0 Å². The number of amides is 5. The van der Waals surface area contributed by atoms with Crippen LogP contribution in [0.4, 0.5) is 91.0 Å². The van der Waals surface area contributed by atoms with Crippen LogP contribution < -0.4 is 47.4 Å². The molecule has 0 aliphatic carbocycles. The number of nitrogens with zero attached hydrogens (tertiary/aromatic N) is 8. The van der Waals surface area contributed by atoms with Gasteiger partial charge in [-0.2, -0.15) is 0 Å². The molecule has 0 bridgehead atoms. The van der Waals surface area contributed by atoms with Crippen molar-refractivity contribution in [1.82, 2.24) is 30.1 Å². The van der Waals surface area contributed by atoms with Crippen LogP contribution in [0.3, 0.4) is 0 Å². The number of carboxylic acids is 1. The largest absolute Gasteiger partial charge is 0.477 e. The number of Topliss-reactive ketones (excluding diaryl/α,β-unsaturated/α-hetero) is 1. The molecule has 3 aliphatic heterocycles. The van der Waals surface area contributed by atoms with Crippen molar-refractivity contribution < 1.29 is 84.0 Å². The molecule has 0 unspecified atom stereocenters. The number of carbonyl (C=O) groups excluding carboxylic acids is 6. The fourth-order valence-electron chi connectivity index (χ4n) is 12.2. The Kier molecular flexibility index (Phi) is 31.2. The van der Waals surface area contributed by atoms with Gasteiger partial charge in [-0.15, -0.1) is 0 Å². The van der Waals surface area contributed by atoms with Crippen molar-refractivity contribution in [2.75, 3.05) is 121 Å². The molecule has 12 rings (SSSR count). The number of aromatic nitrogens is 3. The van der Waals surface area contributed by atoms with E-state index in [9.17, 15) is 59.9 Å². The zero-order valence-corrected chi connectivity index (χ0v) is 68.2. The number of hydrogen-bond acceptors (Lipinski definition) is 20. The first kappa shape index (κ1) is 92.5. The van der Waals surface area contributed by atoms with Crippen molar-refractivity contribution in [2.45, 2.75) is 119 Å². The minimum Gasteiger partial charge on any atom is -0.477 e. The van der Waals surface area contributed by atoms with Crippen molar-refractivity contribution in [3.05, 3.63) is 222 Å². The fraction of sp³-hybridized carbons (Fsp3) is 0.341. The van der Waals surface area contributed by atoms with Gasteiger partial charge in [-0.05, 0) is 231 Å². The number of ether oxygens (including phenoxy) is 4. The Balaban J connectivity index is 0.000000207. The van der Waals surface area contributed by atoms with Gasteiger partial charge in [0.2, 0.25) is 0 Å². The van der Waals surface area contributed by atoms with Crippen LogP contribution in [0.1, 0.15) is 128 Å². The average Bonchev–Trinajstić information content (AvgIpc) is 0.846. The molecule has 0 saturated carbocycles. The van der Waals surface area contributed by atoms with E-state index in [0.717, 1.165) is 61.4 Å². The van der Waals surface area contributed by atoms with Crippen LogP contribution in [-0.4, -0.2) is 173 Å². The lowest BCUT2D eigenvalue weighted by Crippen LogP contribution is -2.50. The maximum atomic E-state index is 13.9. The third-order valence-corrected chi connectivity index (χ3v) is 17.7. The molecule has 32 heteroatoms. The number of halogens is 6. The van der Waals surface area contributed by atoms with Crippen LogP contribution in [0.2, 0.25) is 0 Å². The zero-order chi connectivity index (χ0) is 86.8. The lowest BCUT2D eigenvalue weighted by atomic mass is 9.98. The van der Waals surface area contributed by atoms with E-state index in [2.05, 4.69) is 50.9 Å². The van der Waals surface area contributed by atoms with Gasteiger partial charge in [0.1, 0.15) is 74.4 Å². The Morgan fingerprint density at radius 3 is 1.13 bits per heavy atom. The number of nitrogen functional groups attached to an aromatic ring is 2. The molecule has 9 aromatic rings. The maximum Gasteiger partial charge on any atom is 0.412 e. The monoisotopic (exact) mass is 1660 g/mol. The highest BCUT2D eigenvalue weighted by molar-refractivity contribution is 6.06. The molecule has 3 fully saturated rings. The molecule has 0 radical (unpaired) electrons. The molecule has 0 atom stereocenters. The molecule has 638 valence electrons. The van der Waals surface area contributed by atoms with Crippen molar-refractivity contribution in [1.29, 1.82) is 0 Å². The van der Waals surface area contributed by atoms with Gasteiger partial charge in [0, 0.05) is 109 Å². The Morgan fingerprint density at radius 2 is 0.750 bits per heavy atom. The van der Waals surface area contributed by atoms with Crippen LogP contribution in [0.25, 0.3) is 33.4 Å². The summed E-state index contributed by atoms with van der Waals surface area (Å²) in [5.41, 5.74) is 17.2. The van der Waals surface area contributed by atoms with Gasteiger partial charge in [0.15, 0.2) is 5.78 Å². The second-order valence-electron chi connectivity index (χ2n) is 31.9. The smallest absolute Gasteiger partial charge is 0.412 e. The van der Waals surface area contributed by atoms with Gasteiger partial charge in [-0.1, -0.05) is 25.6 Å². The summed E-state index contributed by atoms with van der Waals surface area (Å²) in [4.78, 5) is 108. The topological polar surface area (TPSA) is 332 Å². The summed E-state index contributed by atoms with van der Waals surface area (Å²) in [5.74, 6) is -5.95. The maximum absolute atomic E-state index is 13.9. The fourth-order valence-corrected chi connectivity index (χ4v) is 12.2. The summed E-state index contributed by atoms with van der Waals surface area (Å²) in [7, 11) is 0. The molecule has 3 aromatic heterocycles. The number of piperazine rings is 3. The number of ketones is 1. The van der Waals surface area contributed by atoms with Gasteiger partial charge >= 0.3 is 30.3 Å². The standard InChI is InChI=1S/C32H37F2N5O5.C23H22F2N4O.C17H18F2N2O2.C15H21N3O4.CH4/c1-31(2,3)43-29(41)37-25-9-7-20(21-15-22(33)18-23(34)16-21)17-27(25)36-28(40)26-10-8-24(19-35-26)38-11-13-39(14-12-38)30(42)44-32(4,5)6;24-18-10-16(11-19(25)13-18)15-1-3-21(26)17(9-15)12-23(30)22-4-2-20(14-28-22)29-7-5-27-6-8-29;1-17(2,3)23-16(22)21-15-5-4-10(8-14(15)20)11-6-12(18)9-13(19)7-11;1-15(2,3)22-14(21)18-8-6-17(7-9-18)11-4-5-12(13(19)20)16-10-11;/h7-10,15-19H,11-14H2,1-6H3,(H,36,40)(H,37,41);1-4,9-11,13-14,27H,5-8,12,26H2;4-9H,20H2,1-3H3,(H,21,22);4-5,10H,6-9H2,1-3H3,(H,19,20);1H4. The molecule has 5 amide bonds. The highest BCUT2D eigenvalue weighted by atomic mass is 19.2. The normalized spacial score (nSPS) is 13.5. The molecule has 0 spiro atoms. The Labute approximate surface area is 693 Å². The first-order chi connectivity index (χ1) is 55.9. The molecule has 120 heavy (non-hydrogen) atoms. The zero-order valence-electron chi connectivity index (χ0n) is 68.2. The highest BCUT2D eigenvalue weighted by Gasteiger charge is 2.30. The number of carboxylic acid groups (broad SMARTS) is 1. The Morgan fingerprint density at radius 1 is 0.392 bits per heavy atom. The van der Waals surface area contributed by atoms with Gasteiger partial charge in [-0.25, -0.2) is 60.3 Å². The number of anilines is 8. The number of carbonyl (C=O) groups is 7. The van der Waals surface area contributed by atoms with Crippen LogP contribution in [-0.2, 0) is 25.4 Å². The lowest BCUT2D eigenvalue weighted by molar-refractivity contribution is 0.0230. The van der Waals surface area contributed by atoms with E-state index in [0.29, 0.717) is 103 Å². The van der Waals surface area contributed by atoms with E-state index in [1.807, 2.05) is 47.6 Å². The van der Waals surface area contributed by atoms with E-state index >= 15 is 0 Å². The van der Waals surface area contributed by atoms with Crippen LogP contribution in [0.15, 0.2) is 164 Å². The van der Waals surface area contributed by atoms with E-state index in [-0.39, 0.29) is 65.8 Å². The summed E-state index contributed by atoms with van der Waals surface area (Å²) in [5, 5.41) is 20.0. The molecule has 6 heterocycles. The van der Waals surface area contributed by atoms with Crippen LogP contribution in [0, 0.1) is 34.9 Å². The predicted octanol–water partition coefficient (Wildman–Crippen LogP) is 17.2. The molecule has 26 nitrogen and oxygen atoms in total. The summed E-state index contributed by atoms with van der Waals surface area (Å²) >= 11 is 0. The molecule has 3 saturated heterocycles. The van der Waals surface area contributed by atoms with E-state index in [1.54, 1.807) is 131 Å². The Hall–Kier alpha value is -13.0. The summed E-state index contributed by atoms with van der Waals surface area (Å²) in [6, 6.07) is 34.1. The first-order valence-electron chi connectivity index (χ1n) is 38.1. The number of hydrogen-bond donors (Lipinski definition) is 7. The molecule has 9 N–H and O–H groups in total. The molecule has 3 aliphatic rings. The van der Waals surface area contributed by atoms with E-state index in [4.69, 9.17) is 35.5 Å². The number of benzene rings is 6. The molecular formula is C88H102F6N14O12. The number of pyridine rings is 3. The second kappa shape index (κ2) is 40.4. The van der Waals surface area contributed by atoms with Gasteiger partial charge in [-0.3, -0.25) is 25.2 Å². The summed E-state index contributed by atoms with van der Waals surface area (Å²) in [6.07, 6.45) is 2.86. The second-order valence-corrected chi connectivity index (χ2v) is 31.9. The van der Waals surface area contributed by atoms with Crippen molar-refractivity contribution in [3.8, 4) is 33.4 Å². The quantitative estimate of drug-likeness (QED) is 0.0230. The molecular weight excluding hydrogens is 1560 g/mol. The van der Waals surface area contributed by atoms with Gasteiger partial charge in [0.05, 0.1) is 58.4 Å². The number of nitrogens with one attached hydrogen (secondary N) is 4. The van der Waals surface area contributed by atoms with Gasteiger partial charge in [0.25, 0.3) is 5.91 Å². The summed E-state index contributed by atoms with van der Waals surface area (Å²) < 4.78 is 103.